The van der Waals surface area contributed by atoms with E-state index in [1.165, 1.54) is 6.26 Å². The van der Waals surface area contributed by atoms with Gasteiger partial charge in [0, 0.05) is 42.5 Å². The lowest BCUT2D eigenvalue weighted by molar-refractivity contribution is 0.306. The number of hydrogen-bond donors (Lipinski definition) is 2. The first-order valence-electron chi connectivity index (χ1n) is 11.7. The van der Waals surface area contributed by atoms with Crippen molar-refractivity contribution >= 4 is 32.2 Å². The quantitative estimate of drug-likeness (QED) is 0.316. The van der Waals surface area contributed by atoms with Gasteiger partial charge in [0.05, 0.1) is 11.3 Å². The van der Waals surface area contributed by atoms with Crippen LogP contribution in [0, 0.1) is 0 Å². The highest BCUT2D eigenvalue weighted by molar-refractivity contribution is 7.90. The van der Waals surface area contributed by atoms with Crippen LogP contribution in [0.25, 0.3) is 22.3 Å². The van der Waals surface area contributed by atoms with Gasteiger partial charge in [-0.15, -0.1) is 0 Å². The number of aromatic nitrogens is 2. The highest BCUT2D eigenvalue weighted by atomic mass is 32.2. The highest BCUT2D eigenvalue weighted by Crippen LogP contribution is 2.26. The Balaban J connectivity index is 1.41. The van der Waals surface area contributed by atoms with Crippen molar-refractivity contribution in [3.63, 3.8) is 0 Å². The van der Waals surface area contributed by atoms with Gasteiger partial charge in [-0.1, -0.05) is 30.3 Å². The smallest absolute Gasteiger partial charge is 0.162 e. The third-order valence-electron chi connectivity index (χ3n) is 5.75. The molecular formula is C27H31N5O3S. The molecule has 0 saturated carbocycles. The molecule has 3 aromatic carbocycles. The number of benzene rings is 3. The Morgan fingerprint density at radius 1 is 0.972 bits per heavy atom. The van der Waals surface area contributed by atoms with Crippen molar-refractivity contribution < 1.29 is 13.2 Å². The number of nitrogen functional groups attached to an aromatic ring is 1. The third-order valence-corrected chi connectivity index (χ3v) is 6.68. The van der Waals surface area contributed by atoms with Crippen molar-refractivity contribution in [2.24, 2.45) is 0 Å². The maximum Gasteiger partial charge on any atom is 0.162 e. The predicted molar refractivity (Wildman–Crippen MR) is 146 cm³/mol. The van der Waals surface area contributed by atoms with Crippen molar-refractivity contribution in [3.05, 3.63) is 78.4 Å². The maximum atomic E-state index is 11.3. The zero-order valence-electron chi connectivity index (χ0n) is 20.5. The fraction of sp³-hybridized carbons (Fsp3) is 0.259. The number of hydrogen-bond acceptors (Lipinski definition) is 8. The Kier molecular flexibility index (Phi) is 8.02. The number of anilines is 2. The second-order valence-electron chi connectivity index (χ2n) is 8.82. The second kappa shape index (κ2) is 11.4. The molecule has 0 aliphatic carbocycles. The molecule has 3 N–H and O–H groups in total. The predicted octanol–water partition coefficient (Wildman–Crippen LogP) is 3.85. The molecule has 0 spiro atoms. The minimum Gasteiger partial charge on any atom is -0.489 e. The average Bonchev–Trinajstić information content (AvgIpc) is 2.86. The van der Waals surface area contributed by atoms with Crippen molar-refractivity contribution in [1.82, 2.24) is 14.9 Å². The summed E-state index contributed by atoms with van der Waals surface area (Å²) in [6.07, 6.45) is 1.25. The zero-order chi connectivity index (χ0) is 25.5. The molecule has 0 bridgehead atoms. The molecule has 0 unspecified atom stereocenters. The average molecular weight is 506 g/mol. The van der Waals surface area contributed by atoms with Gasteiger partial charge in [-0.25, -0.2) is 18.4 Å². The van der Waals surface area contributed by atoms with E-state index >= 15 is 0 Å². The van der Waals surface area contributed by atoms with E-state index < -0.39 is 9.84 Å². The summed E-state index contributed by atoms with van der Waals surface area (Å²) in [5.41, 5.74) is 9.86. The van der Waals surface area contributed by atoms with Crippen molar-refractivity contribution in [2.75, 3.05) is 49.7 Å². The molecule has 0 fully saturated rings. The number of fused-ring (bicyclic) bond motifs is 1. The summed E-state index contributed by atoms with van der Waals surface area (Å²) in [4.78, 5) is 11.2. The molecule has 9 heteroatoms. The zero-order valence-corrected chi connectivity index (χ0v) is 21.3. The Morgan fingerprint density at radius 2 is 1.72 bits per heavy atom. The Hall–Kier alpha value is -3.69. The number of nitrogens with one attached hydrogen (secondary N) is 1. The van der Waals surface area contributed by atoms with Crippen LogP contribution in [-0.2, 0) is 16.4 Å². The van der Waals surface area contributed by atoms with Gasteiger partial charge in [0.2, 0.25) is 0 Å². The number of rotatable bonds is 11. The Morgan fingerprint density at radius 3 is 2.44 bits per heavy atom. The molecule has 0 amide bonds. The Labute approximate surface area is 212 Å². The molecule has 8 nitrogen and oxygen atoms in total. The minimum atomic E-state index is -2.96. The maximum absolute atomic E-state index is 11.3. The van der Waals surface area contributed by atoms with Crippen LogP contribution in [0.4, 0.5) is 11.5 Å². The third kappa shape index (κ3) is 7.16. The summed E-state index contributed by atoms with van der Waals surface area (Å²) in [7, 11) is -1.06. The molecule has 1 aromatic heterocycles. The molecule has 0 atom stereocenters. The van der Waals surface area contributed by atoms with Crippen LogP contribution < -0.4 is 15.8 Å². The molecule has 0 saturated heterocycles. The highest BCUT2D eigenvalue weighted by Gasteiger charge is 2.10. The van der Waals surface area contributed by atoms with Gasteiger partial charge in [-0.2, -0.15) is 0 Å². The molecule has 1 heterocycles. The monoisotopic (exact) mass is 505 g/mol. The van der Waals surface area contributed by atoms with E-state index in [1.54, 1.807) is 0 Å². The SMILES string of the molecule is CN(CCNc1ccc2c(N)nc(-c3ccc(OCc4ccccc4)cc3)nc2c1)CCS(C)(=O)=O. The largest absolute Gasteiger partial charge is 0.489 e. The topological polar surface area (TPSA) is 110 Å². The summed E-state index contributed by atoms with van der Waals surface area (Å²) in [5, 5.41) is 4.16. The van der Waals surface area contributed by atoms with E-state index in [0.717, 1.165) is 33.5 Å². The van der Waals surface area contributed by atoms with Gasteiger partial charge in [-0.3, -0.25) is 0 Å². The standard InChI is InChI=1S/C27H31N5O3S/c1-32(16-17-36(2,33)34)15-14-29-22-10-13-24-25(18-22)30-27(31-26(24)28)21-8-11-23(12-9-21)35-19-20-6-4-3-5-7-20/h3-13,18,29H,14-17,19H2,1-2H3,(H2,28,30,31). The van der Waals surface area contributed by atoms with Gasteiger partial charge < -0.3 is 20.7 Å². The lowest BCUT2D eigenvalue weighted by Crippen LogP contribution is -2.29. The summed E-state index contributed by atoms with van der Waals surface area (Å²) < 4.78 is 28.6. The fourth-order valence-electron chi connectivity index (χ4n) is 3.66. The van der Waals surface area contributed by atoms with E-state index in [-0.39, 0.29) is 5.75 Å². The normalized spacial score (nSPS) is 11.6. The van der Waals surface area contributed by atoms with Crippen LogP contribution in [0.1, 0.15) is 5.56 Å². The number of nitrogens with two attached hydrogens (primary N) is 1. The van der Waals surface area contributed by atoms with E-state index in [2.05, 4.69) is 10.3 Å². The van der Waals surface area contributed by atoms with Crippen molar-refractivity contribution in [2.45, 2.75) is 6.61 Å². The van der Waals surface area contributed by atoms with E-state index in [4.69, 9.17) is 15.5 Å². The number of ether oxygens (including phenoxy) is 1. The lowest BCUT2D eigenvalue weighted by atomic mass is 10.1. The summed E-state index contributed by atoms with van der Waals surface area (Å²) in [6, 6.07) is 23.5. The van der Waals surface area contributed by atoms with Gasteiger partial charge >= 0.3 is 0 Å². The van der Waals surface area contributed by atoms with Gasteiger partial charge in [-0.05, 0) is 55.1 Å². The van der Waals surface area contributed by atoms with Crippen LogP contribution in [0.15, 0.2) is 72.8 Å². The van der Waals surface area contributed by atoms with Crippen LogP contribution in [-0.4, -0.2) is 62.0 Å². The molecule has 0 aliphatic heterocycles. The van der Waals surface area contributed by atoms with Gasteiger partial charge in [0.15, 0.2) is 5.82 Å². The van der Waals surface area contributed by atoms with Crippen LogP contribution in [0.2, 0.25) is 0 Å². The minimum absolute atomic E-state index is 0.151. The Bertz CT molecular complexity index is 1410. The molecule has 0 radical (unpaired) electrons. The first kappa shape index (κ1) is 25.4. The summed E-state index contributed by atoms with van der Waals surface area (Å²) in [5.74, 6) is 1.89. The van der Waals surface area contributed by atoms with E-state index in [9.17, 15) is 8.42 Å². The first-order chi connectivity index (χ1) is 17.3. The van der Waals surface area contributed by atoms with Crippen LogP contribution >= 0.6 is 0 Å². The van der Waals surface area contributed by atoms with E-state index in [0.29, 0.717) is 37.9 Å². The van der Waals surface area contributed by atoms with Gasteiger partial charge in [0.25, 0.3) is 0 Å². The fourth-order valence-corrected chi connectivity index (χ4v) is 4.30. The number of likely N-dealkylation sites (N-methyl/N-ethyl adjacent to an activating group) is 1. The van der Waals surface area contributed by atoms with Crippen molar-refractivity contribution in [3.8, 4) is 17.1 Å². The molecule has 36 heavy (non-hydrogen) atoms. The molecule has 4 aromatic rings. The lowest BCUT2D eigenvalue weighted by Gasteiger charge is -2.17. The number of nitrogens with zero attached hydrogens (tertiary/aromatic N) is 3. The second-order valence-corrected chi connectivity index (χ2v) is 11.1. The van der Waals surface area contributed by atoms with Crippen LogP contribution in [0.3, 0.4) is 0 Å². The summed E-state index contributed by atoms with van der Waals surface area (Å²) >= 11 is 0. The number of sulfone groups is 1. The molecule has 4 rings (SSSR count). The van der Waals surface area contributed by atoms with Gasteiger partial charge in [0.1, 0.15) is 28.0 Å². The van der Waals surface area contributed by atoms with Crippen LogP contribution in [0.5, 0.6) is 5.75 Å². The summed E-state index contributed by atoms with van der Waals surface area (Å²) in [6.45, 7) is 2.39. The molecule has 0 aliphatic rings. The van der Waals surface area contributed by atoms with E-state index in [1.807, 2.05) is 84.7 Å². The molecule has 188 valence electrons. The first-order valence-corrected chi connectivity index (χ1v) is 13.8. The van der Waals surface area contributed by atoms with Crippen molar-refractivity contribution in [1.29, 1.82) is 0 Å². The molecular weight excluding hydrogens is 474 g/mol.